The molecule has 1 saturated heterocycles. The lowest BCUT2D eigenvalue weighted by atomic mass is 10.1. The first-order valence-corrected chi connectivity index (χ1v) is 7.39. The van der Waals surface area contributed by atoms with Gasteiger partial charge in [0.25, 0.3) is 0 Å². The van der Waals surface area contributed by atoms with Gasteiger partial charge in [-0.2, -0.15) is 0 Å². The second-order valence-electron chi connectivity index (χ2n) is 6.39. The van der Waals surface area contributed by atoms with Crippen molar-refractivity contribution in [3.63, 3.8) is 0 Å². The molecule has 2 rings (SSSR count). The number of alkyl carbamates (subject to hydrolysis) is 1. The summed E-state index contributed by atoms with van der Waals surface area (Å²) in [5.74, 6) is 0. The van der Waals surface area contributed by atoms with E-state index < -0.39 is 5.60 Å². The van der Waals surface area contributed by atoms with Crippen molar-refractivity contribution in [3.05, 3.63) is 24.3 Å². The van der Waals surface area contributed by atoms with Crippen molar-refractivity contribution in [2.45, 2.75) is 51.8 Å². The van der Waals surface area contributed by atoms with Crippen LogP contribution in [-0.4, -0.2) is 45.7 Å². The Kier molecular flexibility index (Phi) is 5.12. The smallest absolute Gasteiger partial charge is 0.407 e. The zero-order valence-electron chi connectivity index (χ0n) is 13.0. The number of aromatic nitrogens is 2. The van der Waals surface area contributed by atoms with Crippen LogP contribution in [0.15, 0.2) is 18.6 Å². The molecule has 116 valence electrons. The maximum Gasteiger partial charge on any atom is 0.407 e. The Bertz CT molecular complexity index is 450. The van der Waals surface area contributed by atoms with Crippen LogP contribution in [0.5, 0.6) is 0 Å². The molecule has 0 unspecified atom stereocenters. The zero-order chi connectivity index (χ0) is 15.3. The highest BCUT2D eigenvalue weighted by atomic mass is 16.6. The number of hydrogen-bond acceptors (Lipinski definition) is 5. The molecule has 0 spiro atoms. The van der Waals surface area contributed by atoms with E-state index in [1.54, 1.807) is 18.6 Å². The number of hydrogen-bond donors (Lipinski definition) is 1. The van der Waals surface area contributed by atoms with E-state index in [2.05, 4.69) is 20.2 Å². The molecule has 1 aromatic rings. The van der Waals surface area contributed by atoms with E-state index in [9.17, 15) is 4.79 Å². The van der Waals surface area contributed by atoms with Crippen molar-refractivity contribution in [3.8, 4) is 0 Å². The highest BCUT2D eigenvalue weighted by Gasteiger charge is 2.23. The van der Waals surface area contributed by atoms with Gasteiger partial charge in [0.15, 0.2) is 0 Å². The van der Waals surface area contributed by atoms with E-state index in [-0.39, 0.29) is 12.1 Å². The van der Waals surface area contributed by atoms with Crippen LogP contribution < -0.4 is 5.32 Å². The van der Waals surface area contributed by atoms with Gasteiger partial charge < -0.3 is 10.1 Å². The second kappa shape index (κ2) is 6.85. The van der Waals surface area contributed by atoms with Gasteiger partial charge in [-0.1, -0.05) is 0 Å². The minimum Gasteiger partial charge on any atom is -0.444 e. The SMILES string of the molecule is CC(C)(C)OC(=O)NC1CCN(Cc2cnccn2)CC1. The van der Waals surface area contributed by atoms with Crippen molar-refractivity contribution in [2.75, 3.05) is 13.1 Å². The second-order valence-corrected chi connectivity index (χ2v) is 6.39. The van der Waals surface area contributed by atoms with Gasteiger partial charge in [0.1, 0.15) is 5.60 Å². The molecule has 1 aliphatic rings. The molecule has 0 atom stereocenters. The Morgan fingerprint density at radius 2 is 2.10 bits per heavy atom. The highest BCUT2D eigenvalue weighted by molar-refractivity contribution is 5.68. The molecule has 1 aliphatic heterocycles. The van der Waals surface area contributed by atoms with Crippen molar-refractivity contribution in [1.29, 1.82) is 0 Å². The maximum absolute atomic E-state index is 11.7. The third-order valence-corrected chi connectivity index (χ3v) is 3.31. The molecule has 0 aliphatic carbocycles. The van der Waals surface area contributed by atoms with Gasteiger partial charge in [0, 0.05) is 44.3 Å². The summed E-state index contributed by atoms with van der Waals surface area (Å²) in [6.07, 6.45) is 6.73. The van der Waals surface area contributed by atoms with E-state index in [1.165, 1.54) is 0 Å². The molecule has 2 heterocycles. The number of nitrogens with one attached hydrogen (secondary N) is 1. The van der Waals surface area contributed by atoms with Gasteiger partial charge in [-0.05, 0) is 33.6 Å². The van der Waals surface area contributed by atoms with E-state index in [1.807, 2.05) is 20.8 Å². The summed E-state index contributed by atoms with van der Waals surface area (Å²) in [7, 11) is 0. The van der Waals surface area contributed by atoms with E-state index in [0.29, 0.717) is 0 Å². The molecule has 0 saturated carbocycles. The Morgan fingerprint density at radius 3 is 2.67 bits per heavy atom. The first-order valence-electron chi connectivity index (χ1n) is 7.39. The van der Waals surface area contributed by atoms with Gasteiger partial charge in [-0.25, -0.2) is 4.79 Å². The topological polar surface area (TPSA) is 67.3 Å². The summed E-state index contributed by atoms with van der Waals surface area (Å²) in [5.41, 5.74) is 0.535. The standard InChI is InChI=1S/C15H24N4O2/c1-15(2,3)21-14(20)18-12-4-8-19(9-5-12)11-13-10-16-6-7-17-13/h6-7,10,12H,4-5,8-9,11H2,1-3H3,(H,18,20). The Morgan fingerprint density at radius 1 is 1.38 bits per heavy atom. The summed E-state index contributed by atoms with van der Waals surface area (Å²) in [6.45, 7) is 8.31. The summed E-state index contributed by atoms with van der Waals surface area (Å²) in [5, 5.41) is 2.94. The first-order chi connectivity index (χ1) is 9.92. The van der Waals surface area contributed by atoms with Crippen molar-refractivity contribution in [2.24, 2.45) is 0 Å². The Labute approximate surface area is 125 Å². The van der Waals surface area contributed by atoms with Crippen LogP contribution >= 0.6 is 0 Å². The monoisotopic (exact) mass is 292 g/mol. The largest absolute Gasteiger partial charge is 0.444 e. The predicted molar refractivity (Wildman–Crippen MR) is 79.7 cm³/mol. The highest BCUT2D eigenvalue weighted by Crippen LogP contribution is 2.14. The molecule has 6 heteroatoms. The van der Waals surface area contributed by atoms with Crippen molar-refractivity contribution in [1.82, 2.24) is 20.2 Å². The van der Waals surface area contributed by atoms with Gasteiger partial charge in [-0.3, -0.25) is 14.9 Å². The van der Waals surface area contributed by atoms with E-state index in [0.717, 1.165) is 38.2 Å². The first kappa shape index (κ1) is 15.7. The number of amides is 1. The van der Waals surface area contributed by atoms with Crippen LogP contribution in [0, 0.1) is 0 Å². The molecule has 1 amide bonds. The zero-order valence-corrected chi connectivity index (χ0v) is 13.0. The average Bonchev–Trinajstić information content (AvgIpc) is 2.40. The maximum atomic E-state index is 11.7. The minimum absolute atomic E-state index is 0.193. The van der Waals surface area contributed by atoms with Gasteiger partial charge >= 0.3 is 6.09 Å². The Balaban J connectivity index is 1.72. The lowest BCUT2D eigenvalue weighted by Crippen LogP contribution is -2.45. The quantitative estimate of drug-likeness (QED) is 0.922. The molecule has 6 nitrogen and oxygen atoms in total. The summed E-state index contributed by atoms with van der Waals surface area (Å²) in [6, 6.07) is 0.193. The van der Waals surface area contributed by atoms with Crippen LogP contribution in [-0.2, 0) is 11.3 Å². The van der Waals surface area contributed by atoms with Gasteiger partial charge in [0.2, 0.25) is 0 Å². The van der Waals surface area contributed by atoms with Gasteiger partial charge in [-0.15, -0.1) is 0 Å². The molecule has 0 aromatic carbocycles. The Hall–Kier alpha value is -1.69. The number of rotatable bonds is 3. The number of carbonyl (C=O) groups excluding carboxylic acids is 1. The number of likely N-dealkylation sites (tertiary alicyclic amines) is 1. The van der Waals surface area contributed by atoms with Crippen LogP contribution in [0.3, 0.4) is 0 Å². The third kappa shape index (κ3) is 5.67. The number of piperidine rings is 1. The molecule has 1 fully saturated rings. The van der Waals surface area contributed by atoms with Crippen LogP contribution in [0.2, 0.25) is 0 Å². The minimum atomic E-state index is -0.448. The lowest BCUT2D eigenvalue weighted by Gasteiger charge is -2.32. The molecular weight excluding hydrogens is 268 g/mol. The van der Waals surface area contributed by atoms with Crippen molar-refractivity contribution >= 4 is 6.09 Å². The fourth-order valence-electron chi connectivity index (χ4n) is 2.35. The van der Waals surface area contributed by atoms with Crippen LogP contribution in [0.25, 0.3) is 0 Å². The van der Waals surface area contributed by atoms with E-state index >= 15 is 0 Å². The van der Waals surface area contributed by atoms with Crippen LogP contribution in [0.4, 0.5) is 4.79 Å². The molecule has 1 N–H and O–H groups in total. The fourth-order valence-corrected chi connectivity index (χ4v) is 2.35. The lowest BCUT2D eigenvalue weighted by molar-refractivity contribution is 0.0477. The van der Waals surface area contributed by atoms with Crippen molar-refractivity contribution < 1.29 is 9.53 Å². The summed E-state index contributed by atoms with van der Waals surface area (Å²) < 4.78 is 5.28. The van der Waals surface area contributed by atoms with Gasteiger partial charge in [0.05, 0.1) is 5.69 Å². The average molecular weight is 292 g/mol. The third-order valence-electron chi connectivity index (χ3n) is 3.31. The number of carbonyl (C=O) groups is 1. The van der Waals surface area contributed by atoms with Crippen LogP contribution in [0.1, 0.15) is 39.3 Å². The number of nitrogens with zero attached hydrogens (tertiary/aromatic N) is 3. The molecular formula is C15H24N4O2. The fraction of sp³-hybridized carbons (Fsp3) is 0.667. The molecule has 0 bridgehead atoms. The summed E-state index contributed by atoms with van der Waals surface area (Å²) >= 11 is 0. The normalized spacial score (nSPS) is 17.5. The summed E-state index contributed by atoms with van der Waals surface area (Å²) in [4.78, 5) is 22.4. The molecule has 1 aromatic heterocycles. The number of ether oxygens (including phenoxy) is 1. The molecule has 0 radical (unpaired) electrons. The van der Waals surface area contributed by atoms with E-state index in [4.69, 9.17) is 4.74 Å². The molecule has 21 heavy (non-hydrogen) atoms. The predicted octanol–water partition coefficient (Wildman–Crippen LogP) is 1.97.